The van der Waals surface area contributed by atoms with Gasteiger partial charge in [-0.1, -0.05) is 48.5 Å². The molecule has 43 heavy (non-hydrogen) atoms. The Morgan fingerprint density at radius 2 is 1.51 bits per heavy atom. The number of esters is 1. The number of nitrogens with zero attached hydrogens (tertiary/aromatic N) is 2. The zero-order valence-electron chi connectivity index (χ0n) is 22.7. The number of aromatic amines is 1. The van der Waals surface area contributed by atoms with Crippen molar-refractivity contribution in [3.8, 4) is 0 Å². The number of ether oxygens (including phenoxy) is 1. The first-order valence-electron chi connectivity index (χ1n) is 13.5. The molecule has 2 heterocycles. The highest BCUT2D eigenvalue weighted by molar-refractivity contribution is 5.95. The van der Waals surface area contributed by atoms with Gasteiger partial charge in [0.1, 0.15) is 6.61 Å². The van der Waals surface area contributed by atoms with Crippen LogP contribution in [-0.2, 0) is 34.9 Å². The van der Waals surface area contributed by atoms with Crippen molar-refractivity contribution in [2.75, 3.05) is 26.2 Å². The number of piperazine rings is 1. The third-order valence-electron chi connectivity index (χ3n) is 7.39. The number of benzene rings is 3. The smallest absolute Gasteiger partial charge is 0.416 e. The summed E-state index contributed by atoms with van der Waals surface area (Å²) in [5.41, 5.74) is -1.37. The van der Waals surface area contributed by atoms with E-state index >= 15 is 0 Å². The van der Waals surface area contributed by atoms with Gasteiger partial charge in [-0.05, 0) is 41.8 Å². The van der Waals surface area contributed by atoms with Crippen LogP contribution in [0.15, 0.2) is 79.0 Å². The third kappa shape index (κ3) is 7.19. The van der Waals surface area contributed by atoms with Crippen LogP contribution < -0.4 is 0 Å². The predicted octanol–water partition coefficient (Wildman–Crippen LogP) is 6.32. The molecular formula is C31H27F6N3O3. The second-order valence-electron chi connectivity index (χ2n) is 10.4. The number of amides is 1. The SMILES string of the molecule is O=C(CN1CCN(C(=O)c2cc(C(F)(F)F)cc(C(F)(F)F)c2)[C@H](Cc2c[nH]c3ccccc23)C1)OCc1ccccc1. The standard InChI is InChI=1S/C31H27F6N3O3/c32-30(33,34)23-12-21(13-24(15-23)31(35,36)37)29(42)40-11-10-39(18-28(41)43-19-20-6-2-1-3-7-20)17-25(40)14-22-16-38-27-9-5-4-8-26(22)27/h1-9,12-13,15-16,25,38H,10-11,14,17-19H2/t25-/m1/s1. The second kappa shape index (κ2) is 12.1. The van der Waals surface area contributed by atoms with Gasteiger partial charge in [0.05, 0.1) is 17.7 Å². The van der Waals surface area contributed by atoms with Gasteiger partial charge in [0, 0.05) is 48.3 Å². The van der Waals surface area contributed by atoms with E-state index in [4.69, 9.17) is 4.74 Å². The molecule has 0 bridgehead atoms. The van der Waals surface area contributed by atoms with Gasteiger partial charge in [-0.15, -0.1) is 0 Å². The number of alkyl halides is 6. The third-order valence-corrected chi connectivity index (χ3v) is 7.39. The van der Waals surface area contributed by atoms with Gasteiger partial charge in [0.25, 0.3) is 5.91 Å². The number of H-pyrrole nitrogens is 1. The number of para-hydroxylation sites is 1. The average Bonchev–Trinajstić information content (AvgIpc) is 3.38. The van der Waals surface area contributed by atoms with Gasteiger partial charge >= 0.3 is 18.3 Å². The molecule has 0 radical (unpaired) electrons. The van der Waals surface area contributed by atoms with Crippen LogP contribution in [0.2, 0.25) is 0 Å². The lowest BCUT2D eigenvalue weighted by atomic mass is 9.98. The molecular weight excluding hydrogens is 576 g/mol. The molecule has 5 rings (SSSR count). The Bertz CT molecular complexity index is 1570. The Morgan fingerprint density at radius 1 is 0.860 bits per heavy atom. The van der Waals surface area contributed by atoms with Crippen molar-refractivity contribution in [2.24, 2.45) is 0 Å². The highest BCUT2D eigenvalue weighted by Gasteiger charge is 2.39. The number of carbonyl (C=O) groups is 2. The van der Waals surface area contributed by atoms with E-state index < -0.39 is 47.0 Å². The van der Waals surface area contributed by atoms with Crippen LogP contribution in [0.25, 0.3) is 10.9 Å². The van der Waals surface area contributed by atoms with E-state index in [0.717, 1.165) is 22.0 Å². The normalized spacial score (nSPS) is 16.4. The molecule has 1 atom stereocenters. The molecule has 12 heteroatoms. The molecule has 0 unspecified atom stereocenters. The van der Waals surface area contributed by atoms with Crippen molar-refractivity contribution in [1.82, 2.24) is 14.8 Å². The Morgan fingerprint density at radius 3 is 2.19 bits per heavy atom. The lowest BCUT2D eigenvalue weighted by Crippen LogP contribution is -2.56. The monoisotopic (exact) mass is 603 g/mol. The van der Waals surface area contributed by atoms with Crippen molar-refractivity contribution in [1.29, 1.82) is 0 Å². The van der Waals surface area contributed by atoms with Gasteiger partial charge in [-0.2, -0.15) is 26.3 Å². The number of fused-ring (bicyclic) bond motifs is 1. The lowest BCUT2D eigenvalue weighted by Gasteiger charge is -2.41. The molecule has 1 amide bonds. The first kappa shape index (κ1) is 30.1. The maximum absolute atomic E-state index is 13.6. The van der Waals surface area contributed by atoms with Crippen molar-refractivity contribution in [2.45, 2.75) is 31.4 Å². The average molecular weight is 604 g/mol. The first-order valence-corrected chi connectivity index (χ1v) is 13.5. The van der Waals surface area contributed by atoms with Crippen molar-refractivity contribution >= 4 is 22.8 Å². The van der Waals surface area contributed by atoms with Gasteiger partial charge in [0.15, 0.2) is 0 Å². The van der Waals surface area contributed by atoms with Crippen LogP contribution in [0.4, 0.5) is 26.3 Å². The lowest BCUT2D eigenvalue weighted by molar-refractivity contribution is -0.147. The van der Waals surface area contributed by atoms with Gasteiger partial charge in [-0.25, -0.2) is 0 Å². The van der Waals surface area contributed by atoms with Gasteiger partial charge in [0.2, 0.25) is 0 Å². The number of carbonyl (C=O) groups excluding carboxylic acids is 2. The minimum atomic E-state index is -5.08. The molecule has 1 aliphatic heterocycles. The zero-order valence-corrected chi connectivity index (χ0v) is 22.7. The minimum absolute atomic E-state index is 0.000796. The van der Waals surface area contributed by atoms with E-state index in [1.165, 1.54) is 4.90 Å². The zero-order chi connectivity index (χ0) is 30.8. The summed E-state index contributed by atoms with van der Waals surface area (Å²) in [6.07, 6.45) is -8.17. The summed E-state index contributed by atoms with van der Waals surface area (Å²) >= 11 is 0. The van der Waals surface area contributed by atoms with Crippen LogP contribution in [0, 0.1) is 0 Å². The van der Waals surface area contributed by atoms with E-state index in [1.54, 1.807) is 11.1 Å². The van der Waals surface area contributed by atoms with Crippen molar-refractivity contribution in [3.63, 3.8) is 0 Å². The fourth-order valence-corrected chi connectivity index (χ4v) is 5.27. The van der Waals surface area contributed by atoms with Crippen molar-refractivity contribution in [3.05, 3.63) is 107 Å². The summed E-state index contributed by atoms with van der Waals surface area (Å²) in [4.78, 5) is 32.4. The fraction of sp³-hybridized carbons (Fsp3) is 0.290. The number of hydrogen-bond acceptors (Lipinski definition) is 4. The summed E-state index contributed by atoms with van der Waals surface area (Å²) in [6, 6.07) is 16.7. The minimum Gasteiger partial charge on any atom is -0.460 e. The van der Waals surface area contributed by atoms with Crippen LogP contribution >= 0.6 is 0 Å². The number of nitrogens with one attached hydrogen (secondary N) is 1. The summed E-state index contributed by atoms with van der Waals surface area (Å²) in [5.74, 6) is -1.45. The molecule has 1 N–H and O–H groups in total. The molecule has 0 saturated carbocycles. The molecule has 1 aliphatic rings. The maximum Gasteiger partial charge on any atom is 0.416 e. The Balaban J connectivity index is 1.40. The predicted molar refractivity (Wildman–Crippen MR) is 146 cm³/mol. The summed E-state index contributed by atoms with van der Waals surface area (Å²) in [7, 11) is 0. The van der Waals surface area contributed by atoms with Crippen LogP contribution in [-0.4, -0.2) is 58.9 Å². The van der Waals surface area contributed by atoms with Crippen LogP contribution in [0.3, 0.4) is 0 Å². The van der Waals surface area contributed by atoms with E-state index in [2.05, 4.69) is 4.98 Å². The Kier molecular flexibility index (Phi) is 8.50. The van der Waals surface area contributed by atoms with E-state index in [0.29, 0.717) is 12.1 Å². The Labute approximate surface area is 242 Å². The van der Waals surface area contributed by atoms with Crippen LogP contribution in [0.1, 0.15) is 32.6 Å². The molecule has 3 aromatic carbocycles. The van der Waals surface area contributed by atoms with E-state index in [-0.39, 0.29) is 45.3 Å². The second-order valence-corrected chi connectivity index (χ2v) is 10.4. The molecule has 4 aromatic rings. The molecule has 1 saturated heterocycles. The van der Waals surface area contributed by atoms with Crippen molar-refractivity contribution < 1.29 is 40.7 Å². The molecule has 6 nitrogen and oxygen atoms in total. The van der Waals surface area contributed by atoms with Gasteiger partial charge < -0.3 is 14.6 Å². The van der Waals surface area contributed by atoms with Crippen LogP contribution in [0.5, 0.6) is 0 Å². The largest absolute Gasteiger partial charge is 0.460 e. The summed E-state index contributed by atoms with van der Waals surface area (Å²) in [6.45, 7) is 0.281. The highest BCUT2D eigenvalue weighted by atomic mass is 19.4. The van der Waals surface area contributed by atoms with E-state index in [9.17, 15) is 35.9 Å². The Hall–Kier alpha value is -4.32. The highest BCUT2D eigenvalue weighted by Crippen LogP contribution is 2.37. The summed E-state index contributed by atoms with van der Waals surface area (Å²) in [5, 5.41) is 0.868. The molecule has 1 aromatic heterocycles. The molecule has 226 valence electrons. The number of hydrogen-bond donors (Lipinski definition) is 1. The quantitative estimate of drug-likeness (QED) is 0.199. The molecule has 1 fully saturated rings. The fourth-order valence-electron chi connectivity index (χ4n) is 5.27. The number of rotatable bonds is 7. The first-order chi connectivity index (χ1) is 20.4. The number of halogens is 6. The molecule has 0 aliphatic carbocycles. The topological polar surface area (TPSA) is 65.6 Å². The maximum atomic E-state index is 13.6. The van der Waals surface area contributed by atoms with E-state index in [1.807, 2.05) is 54.6 Å². The number of aromatic nitrogens is 1. The molecule has 0 spiro atoms. The summed E-state index contributed by atoms with van der Waals surface area (Å²) < 4.78 is 86.5. The van der Waals surface area contributed by atoms with Gasteiger partial charge in [-0.3, -0.25) is 14.5 Å².